The highest BCUT2D eigenvalue weighted by atomic mass is 31.2. The molecular formula is C21H46BFNO13P3. The maximum atomic E-state index is 12.9. The van der Waals surface area contributed by atoms with E-state index < -0.39 is 71.9 Å². The van der Waals surface area contributed by atoms with Gasteiger partial charge in [-0.05, 0) is 59.3 Å². The van der Waals surface area contributed by atoms with Crippen LogP contribution in [0.25, 0.3) is 0 Å². The van der Waals surface area contributed by atoms with Crippen LogP contribution in [0.15, 0.2) is 0 Å². The third-order valence-electron chi connectivity index (χ3n) is 6.37. The molecule has 0 spiro atoms. The van der Waals surface area contributed by atoms with Crippen LogP contribution in [-0.2, 0) is 36.3 Å². The van der Waals surface area contributed by atoms with E-state index >= 15 is 0 Å². The molecular weight excluding hydrogens is 597 g/mol. The third kappa shape index (κ3) is 17.4. The highest BCUT2D eigenvalue weighted by Crippen LogP contribution is 2.52. The first-order chi connectivity index (χ1) is 18.1. The highest BCUT2D eigenvalue weighted by Gasteiger charge is 2.39. The lowest BCUT2D eigenvalue weighted by Gasteiger charge is -2.34. The number of aliphatic hydroxyl groups is 1. The van der Waals surface area contributed by atoms with E-state index in [0.29, 0.717) is 0 Å². The Labute approximate surface area is 237 Å². The Morgan fingerprint density at radius 3 is 1.77 bits per heavy atom. The number of aliphatic hydroxyl groups excluding tert-OH is 1. The van der Waals surface area contributed by atoms with E-state index in [9.17, 15) is 33.1 Å². The van der Waals surface area contributed by atoms with Crippen molar-refractivity contribution in [2.75, 3.05) is 26.4 Å². The molecule has 0 aromatic heterocycles. The zero-order valence-corrected chi connectivity index (χ0v) is 26.7. The van der Waals surface area contributed by atoms with Crippen molar-refractivity contribution in [2.24, 2.45) is 11.8 Å². The molecule has 40 heavy (non-hydrogen) atoms. The first kappa shape index (κ1) is 40.2. The molecule has 0 saturated heterocycles. The summed E-state index contributed by atoms with van der Waals surface area (Å²) >= 11 is 0. The number of phosphoric ester groups is 3. The molecule has 0 rings (SSSR count). The summed E-state index contributed by atoms with van der Waals surface area (Å²) in [5.74, 6) is -1.26. The van der Waals surface area contributed by atoms with Gasteiger partial charge in [-0.1, -0.05) is 20.2 Å². The minimum Gasteiger partial charge on any atom is -0.396 e. The van der Waals surface area contributed by atoms with E-state index in [2.05, 4.69) is 4.52 Å². The Balaban J connectivity index is 5.11. The van der Waals surface area contributed by atoms with E-state index in [1.807, 2.05) is 0 Å². The summed E-state index contributed by atoms with van der Waals surface area (Å²) in [5, 5.41) is 9.51. The Morgan fingerprint density at radius 1 is 0.825 bits per heavy atom. The van der Waals surface area contributed by atoms with Gasteiger partial charge >= 0.3 is 23.5 Å². The largest absolute Gasteiger partial charge is 0.472 e. The fourth-order valence-corrected chi connectivity index (χ4v) is 6.45. The summed E-state index contributed by atoms with van der Waals surface area (Å²) < 4.78 is 74.4. The number of hydrogen-bond acceptors (Lipinski definition) is 10. The van der Waals surface area contributed by atoms with Gasteiger partial charge in [-0.2, -0.15) is 5.54 Å². The molecule has 0 fully saturated rings. The maximum absolute atomic E-state index is 12.9. The monoisotopic (exact) mass is 643 g/mol. The SMILES string of the molecule is [B]CC(COP(=O)(O)O)CC(C)(CC)OP(=O)(O)OCCC(C)(CC)OP(=O)(O)OCC(CO)CC(C)(C)NF. The van der Waals surface area contributed by atoms with Gasteiger partial charge in [0.15, 0.2) is 0 Å². The Bertz CT molecular complexity index is 898. The number of rotatable bonds is 23. The van der Waals surface area contributed by atoms with Gasteiger partial charge in [-0.15, -0.1) is 4.48 Å². The molecule has 0 bridgehead atoms. The third-order valence-corrected chi connectivity index (χ3v) is 9.18. The molecule has 0 aromatic rings. The summed E-state index contributed by atoms with van der Waals surface area (Å²) in [4.78, 5) is 38.4. The second-order valence-corrected chi connectivity index (χ2v) is 14.9. The zero-order valence-electron chi connectivity index (χ0n) is 24.0. The lowest BCUT2D eigenvalue weighted by atomic mass is 9.82. The molecule has 0 aliphatic heterocycles. The van der Waals surface area contributed by atoms with Crippen molar-refractivity contribution in [1.82, 2.24) is 5.54 Å². The standard InChI is InChI=1S/C21H46BFNO13P3/c1-7-20(5,36-40(31,32)35-16-18(14-25)11-19(3,4)24-23)9-10-33-39(29,30)37-21(6,8-2)12-17(13-22)15-34-38(26,27)28/h17-18,24-25H,7-16H2,1-6H3,(H,29,30)(H,31,32)(H2,26,27,28). The molecule has 0 amide bonds. The van der Waals surface area contributed by atoms with Gasteiger partial charge in [0.1, 0.15) is 0 Å². The van der Waals surface area contributed by atoms with Crippen LogP contribution in [0.2, 0.25) is 6.32 Å². The van der Waals surface area contributed by atoms with Crippen molar-refractivity contribution in [1.29, 1.82) is 0 Å². The molecule has 0 aromatic carbocycles. The van der Waals surface area contributed by atoms with Crippen LogP contribution in [-0.4, -0.2) is 75.7 Å². The quantitative estimate of drug-likeness (QED) is 0.0530. The van der Waals surface area contributed by atoms with Gasteiger partial charge in [0.25, 0.3) is 0 Å². The molecule has 6 N–H and O–H groups in total. The summed E-state index contributed by atoms with van der Waals surface area (Å²) in [7, 11) is -8.40. The fraction of sp³-hybridized carbons (Fsp3) is 1.00. The van der Waals surface area contributed by atoms with Gasteiger partial charge in [0.2, 0.25) is 0 Å². The normalized spacial score (nSPS) is 20.6. The fourth-order valence-electron chi connectivity index (χ4n) is 3.68. The first-order valence-electron chi connectivity index (χ1n) is 12.8. The Hall–Kier alpha value is 0.245. The number of phosphoric acid groups is 3. The van der Waals surface area contributed by atoms with Crippen LogP contribution in [0.4, 0.5) is 4.48 Å². The van der Waals surface area contributed by atoms with Crippen LogP contribution in [0.1, 0.15) is 73.6 Å². The van der Waals surface area contributed by atoms with E-state index in [-0.39, 0.29) is 45.0 Å². The van der Waals surface area contributed by atoms with Crippen LogP contribution >= 0.6 is 23.5 Å². The second-order valence-electron chi connectivity index (χ2n) is 10.9. The van der Waals surface area contributed by atoms with Crippen molar-refractivity contribution in [2.45, 2.75) is 96.7 Å². The van der Waals surface area contributed by atoms with Crippen LogP contribution in [0.5, 0.6) is 0 Å². The lowest BCUT2D eigenvalue weighted by molar-refractivity contribution is -0.00899. The van der Waals surface area contributed by atoms with Crippen LogP contribution < -0.4 is 5.54 Å². The maximum Gasteiger partial charge on any atom is 0.472 e. The molecule has 6 unspecified atom stereocenters. The van der Waals surface area contributed by atoms with E-state index in [1.165, 1.54) is 13.8 Å². The summed E-state index contributed by atoms with van der Waals surface area (Å²) in [6, 6.07) is 0. The van der Waals surface area contributed by atoms with Crippen molar-refractivity contribution in [3.8, 4) is 0 Å². The summed E-state index contributed by atoms with van der Waals surface area (Å²) in [5.41, 5.74) is -1.99. The van der Waals surface area contributed by atoms with Gasteiger partial charge in [0.05, 0.1) is 38.9 Å². The highest BCUT2D eigenvalue weighted by molar-refractivity contribution is 7.47. The zero-order chi connectivity index (χ0) is 31.5. The molecule has 6 atom stereocenters. The minimum absolute atomic E-state index is 0.0299. The number of halogens is 1. The molecule has 14 nitrogen and oxygen atoms in total. The van der Waals surface area contributed by atoms with E-state index in [1.54, 1.807) is 33.2 Å². The number of hydrogen-bond donors (Lipinski definition) is 6. The van der Waals surface area contributed by atoms with Gasteiger partial charge in [-0.25, -0.2) is 13.7 Å². The molecule has 0 heterocycles. The molecule has 238 valence electrons. The molecule has 0 aliphatic rings. The van der Waals surface area contributed by atoms with Crippen LogP contribution in [0.3, 0.4) is 0 Å². The van der Waals surface area contributed by atoms with Crippen molar-refractivity contribution >= 4 is 31.3 Å². The number of nitrogens with one attached hydrogen (secondary N) is 1. The average molecular weight is 643 g/mol. The predicted octanol–water partition coefficient (Wildman–Crippen LogP) is 3.93. The predicted molar refractivity (Wildman–Crippen MR) is 146 cm³/mol. The smallest absolute Gasteiger partial charge is 0.396 e. The van der Waals surface area contributed by atoms with Gasteiger partial charge in [0, 0.05) is 24.5 Å². The molecule has 0 aliphatic carbocycles. The first-order valence-corrected chi connectivity index (χ1v) is 17.4. The topological polar surface area (TPSA) is 211 Å². The van der Waals surface area contributed by atoms with E-state index in [0.717, 1.165) is 0 Å². The lowest BCUT2D eigenvalue weighted by Crippen LogP contribution is -2.37. The summed E-state index contributed by atoms with van der Waals surface area (Å²) in [6.07, 6.45) is 0.397. The molecule has 0 saturated carbocycles. The van der Waals surface area contributed by atoms with Crippen molar-refractivity contribution in [3.05, 3.63) is 0 Å². The second kappa shape index (κ2) is 16.9. The molecule has 2 radical (unpaired) electrons. The van der Waals surface area contributed by atoms with Gasteiger partial charge in [-0.3, -0.25) is 22.6 Å². The Kier molecular flexibility index (Phi) is 17.0. The van der Waals surface area contributed by atoms with Crippen molar-refractivity contribution in [3.63, 3.8) is 0 Å². The van der Waals surface area contributed by atoms with Crippen molar-refractivity contribution < 1.29 is 65.5 Å². The van der Waals surface area contributed by atoms with Gasteiger partial charge < -0.3 is 24.7 Å². The average Bonchev–Trinajstić information content (AvgIpc) is 2.83. The van der Waals surface area contributed by atoms with E-state index in [4.69, 9.17) is 35.7 Å². The molecule has 19 heteroatoms. The Morgan fingerprint density at radius 2 is 1.32 bits per heavy atom. The summed E-state index contributed by atoms with van der Waals surface area (Å²) in [6.45, 7) is 7.81. The minimum atomic E-state index is -4.73. The van der Waals surface area contributed by atoms with Crippen LogP contribution in [0, 0.1) is 11.8 Å².